The number of thioether (sulfide) groups is 1. The number of anilines is 1. The van der Waals surface area contributed by atoms with E-state index in [-0.39, 0.29) is 0 Å². The van der Waals surface area contributed by atoms with E-state index in [4.69, 9.17) is 10.2 Å². The first-order valence-electron chi connectivity index (χ1n) is 5.65. The first-order chi connectivity index (χ1) is 8.83. The molecule has 0 aliphatic carbocycles. The summed E-state index contributed by atoms with van der Waals surface area (Å²) >= 11 is 1.57. The normalized spacial score (nSPS) is 10.9. The monoisotopic (exact) mass is 256 g/mol. The Bertz CT molecular complexity index is 664. The number of benzene rings is 2. The Hall–Kier alpha value is -1.94. The second-order valence-electron chi connectivity index (χ2n) is 3.95. The molecule has 1 aromatic heterocycles. The molecule has 0 radical (unpaired) electrons. The lowest BCUT2D eigenvalue weighted by atomic mass is 10.2. The predicted molar refractivity (Wildman–Crippen MR) is 74.4 cm³/mol. The quantitative estimate of drug-likeness (QED) is 0.573. The third-order valence-electron chi connectivity index (χ3n) is 2.64. The summed E-state index contributed by atoms with van der Waals surface area (Å²) in [5.41, 5.74) is 9.23. The van der Waals surface area contributed by atoms with Crippen molar-refractivity contribution < 1.29 is 4.42 Å². The summed E-state index contributed by atoms with van der Waals surface area (Å²) in [6, 6.07) is 15.8. The molecule has 1 heterocycles. The van der Waals surface area contributed by atoms with E-state index < -0.39 is 0 Å². The van der Waals surface area contributed by atoms with Gasteiger partial charge in [-0.05, 0) is 17.7 Å². The van der Waals surface area contributed by atoms with Gasteiger partial charge >= 0.3 is 0 Å². The van der Waals surface area contributed by atoms with E-state index >= 15 is 0 Å². The highest BCUT2D eigenvalue weighted by molar-refractivity contribution is 7.98. The highest BCUT2D eigenvalue weighted by atomic mass is 32.2. The molecule has 2 N–H and O–H groups in total. The van der Waals surface area contributed by atoms with Gasteiger partial charge in [-0.3, -0.25) is 0 Å². The smallest absolute Gasteiger partial charge is 0.257 e. The van der Waals surface area contributed by atoms with Gasteiger partial charge < -0.3 is 10.2 Å². The number of nitrogens with two attached hydrogens (primary N) is 1. The Morgan fingerprint density at radius 1 is 1.06 bits per heavy atom. The molecule has 0 aliphatic heterocycles. The second kappa shape index (κ2) is 4.74. The number of rotatable bonds is 3. The van der Waals surface area contributed by atoms with Crippen LogP contribution in [0, 0.1) is 0 Å². The fourth-order valence-corrected chi connectivity index (χ4v) is 2.52. The average Bonchev–Trinajstić information content (AvgIpc) is 2.82. The van der Waals surface area contributed by atoms with Crippen molar-refractivity contribution in [3.05, 3.63) is 54.1 Å². The summed E-state index contributed by atoms with van der Waals surface area (Å²) in [5, 5.41) is 0.659. The lowest BCUT2D eigenvalue weighted by Gasteiger charge is -1.96. The van der Waals surface area contributed by atoms with Crippen LogP contribution < -0.4 is 5.73 Å². The molecule has 4 heteroatoms. The Morgan fingerprint density at radius 2 is 1.89 bits per heavy atom. The number of aromatic nitrogens is 1. The third-order valence-corrected chi connectivity index (χ3v) is 3.53. The Balaban J connectivity index is 1.81. The van der Waals surface area contributed by atoms with Gasteiger partial charge in [0.2, 0.25) is 0 Å². The van der Waals surface area contributed by atoms with Crippen LogP contribution in [0.2, 0.25) is 0 Å². The summed E-state index contributed by atoms with van der Waals surface area (Å²) in [5.74, 6) is 0.841. The lowest BCUT2D eigenvalue weighted by molar-refractivity contribution is 0.489. The minimum absolute atomic E-state index is 0.655. The first-order valence-corrected chi connectivity index (χ1v) is 6.63. The van der Waals surface area contributed by atoms with Crippen molar-refractivity contribution >= 4 is 28.5 Å². The molecule has 3 nitrogen and oxygen atoms in total. The van der Waals surface area contributed by atoms with Gasteiger partial charge in [-0.15, -0.1) is 0 Å². The van der Waals surface area contributed by atoms with Crippen LogP contribution in [0.25, 0.3) is 11.1 Å². The number of nitrogens with zero attached hydrogens (tertiary/aromatic N) is 1. The first kappa shape index (κ1) is 11.2. The lowest BCUT2D eigenvalue weighted by Crippen LogP contribution is -1.85. The van der Waals surface area contributed by atoms with Crippen LogP contribution in [-0.2, 0) is 5.75 Å². The SMILES string of the molecule is Nc1cccc2oc(SCc3ccccc3)nc12. The van der Waals surface area contributed by atoms with E-state index in [0.29, 0.717) is 10.9 Å². The van der Waals surface area contributed by atoms with Gasteiger partial charge in [0.05, 0.1) is 5.69 Å². The van der Waals surface area contributed by atoms with Gasteiger partial charge in [-0.1, -0.05) is 48.2 Å². The maximum Gasteiger partial charge on any atom is 0.257 e. The van der Waals surface area contributed by atoms with Gasteiger partial charge in [0.25, 0.3) is 5.22 Å². The molecule has 0 atom stereocenters. The second-order valence-corrected chi connectivity index (χ2v) is 4.87. The molecule has 0 bridgehead atoms. The van der Waals surface area contributed by atoms with E-state index in [1.807, 2.05) is 36.4 Å². The predicted octanol–water partition coefficient (Wildman–Crippen LogP) is 3.70. The van der Waals surface area contributed by atoms with Gasteiger partial charge in [0.1, 0.15) is 5.52 Å². The molecule has 0 aliphatic rings. The van der Waals surface area contributed by atoms with Gasteiger partial charge in [0, 0.05) is 5.75 Å². The molecular formula is C14H12N2OS. The number of para-hydroxylation sites is 1. The molecule has 2 aromatic carbocycles. The van der Waals surface area contributed by atoms with E-state index in [0.717, 1.165) is 16.9 Å². The van der Waals surface area contributed by atoms with Crippen molar-refractivity contribution in [3.8, 4) is 0 Å². The molecule has 18 heavy (non-hydrogen) atoms. The molecule has 0 saturated carbocycles. The molecule has 90 valence electrons. The Kier molecular flexibility index (Phi) is 2.94. The van der Waals surface area contributed by atoms with Crippen LogP contribution in [0.5, 0.6) is 0 Å². The average molecular weight is 256 g/mol. The van der Waals surface area contributed by atoms with Crippen molar-refractivity contribution in [2.24, 2.45) is 0 Å². The van der Waals surface area contributed by atoms with Crippen LogP contribution in [0.3, 0.4) is 0 Å². The molecule has 0 unspecified atom stereocenters. The van der Waals surface area contributed by atoms with Gasteiger partial charge in [-0.2, -0.15) is 0 Å². The van der Waals surface area contributed by atoms with Crippen molar-refractivity contribution in [3.63, 3.8) is 0 Å². The van der Waals surface area contributed by atoms with Gasteiger partial charge in [0.15, 0.2) is 5.58 Å². The molecular weight excluding hydrogens is 244 g/mol. The standard InChI is InChI=1S/C14H12N2OS/c15-11-7-4-8-12-13(11)16-14(17-12)18-9-10-5-2-1-3-6-10/h1-8H,9,15H2. The maximum absolute atomic E-state index is 5.85. The number of hydrogen-bond donors (Lipinski definition) is 1. The van der Waals surface area contributed by atoms with Crippen LogP contribution in [0.1, 0.15) is 5.56 Å². The minimum atomic E-state index is 0.655. The molecule has 3 rings (SSSR count). The van der Waals surface area contributed by atoms with Crippen LogP contribution in [0.15, 0.2) is 58.2 Å². The topological polar surface area (TPSA) is 52.0 Å². The molecule has 0 amide bonds. The number of fused-ring (bicyclic) bond motifs is 1. The van der Waals surface area contributed by atoms with E-state index in [1.165, 1.54) is 5.56 Å². The largest absolute Gasteiger partial charge is 0.431 e. The molecule has 3 aromatic rings. The number of nitrogen functional groups attached to an aromatic ring is 1. The zero-order chi connectivity index (χ0) is 12.4. The summed E-state index contributed by atoms with van der Waals surface area (Å²) in [4.78, 5) is 4.40. The summed E-state index contributed by atoms with van der Waals surface area (Å²) in [6.07, 6.45) is 0. The fourth-order valence-electron chi connectivity index (χ4n) is 1.73. The van der Waals surface area contributed by atoms with Gasteiger partial charge in [-0.25, -0.2) is 4.98 Å². The van der Waals surface area contributed by atoms with E-state index in [9.17, 15) is 0 Å². The zero-order valence-electron chi connectivity index (χ0n) is 9.67. The highest BCUT2D eigenvalue weighted by Gasteiger charge is 2.08. The zero-order valence-corrected chi connectivity index (χ0v) is 10.5. The Labute approximate surface area is 109 Å². The maximum atomic E-state index is 5.85. The van der Waals surface area contributed by atoms with E-state index in [2.05, 4.69) is 17.1 Å². The highest BCUT2D eigenvalue weighted by Crippen LogP contribution is 2.28. The van der Waals surface area contributed by atoms with Crippen molar-refractivity contribution in [1.82, 2.24) is 4.98 Å². The van der Waals surface area contributed by atoms with E-state index in [1.54, 1.807) is 11.8 Å². The van der Waals surface area contributed by atoms with Crippen LogP contribution in [0.4, 0.5) is 5.69 Å². The minimum Gasteiger partial charge on any atom is -0.431 e. The van der Waals surface area contributed by atoms with Crippen LogP contribution >= 0.6 is 11.8 Å². The summed E-state index contributed by atoms with van der Waals surface area (Å²) in [6.45, 7) is 0. The number of oxazole rings is 1. The molecule has 0 fully saturated rings. The molecule has 0 spiro atoms. The summed E-state index contributed by atoms with van der Waals surface area (Å²) < 4.78 is 5.64. The fraction of sp³-hybridized carbons (Fsp3) is 0.0714. The molecule has 0 saturated heterocycles. The summed E-state index contributed by atoms with van der Waals surface area (Å²) in [7, 11) is 0. The number of hydrogen-bond acceptors (Lipinski definition) is 4. The van der Waals surface area contributed by atoms with Crippen molar-refractivity contribution in [2.45, 2.75) is 11.0 Å². The van der Waals surface area contributed by atoms with Crippen LogP contribution in [-0.4, -0.2) is 4.98 Å². The van der Waals surface area contributed by atoms with Crippen molar-refractivity contribution in [2.75, 3.05) is 5.73 Å². The van der Waals surface area contributed by atoms with Crippen molar-refractivity contribution in [1.29, 1.82) is 0 Å². The Morgan fingerprint density at radius 3 is 2.67 bits per heavy atom. The third kappa shape index (κ3) is 2.19.